The number of benzene rings is 1. The van der Waals surface area contributed by atoms with E-state index in [4.69, 9.17) is 4.42 Å². The molecule has 0 aliphatic heterocycles. The zero-order valence-electron chi connectivity index (χ0n) is 4.87. The molecule has 0 N–H and O–H groups in total. The van der Waals surface area contributed by atoms with Gasteiger partial charge in [-0.2, -0.15) is 0 Å². The van der Waals surface area contributed by atoms with Crippen molar-refractivity contribution >= 4 is 29.6 Å². The molecule has 2 aromatic rings. The van der Waals surface area contributed by atoms with Gasteiger partial charge in [0, 0.05) is 10.8 Å². The van der Waals surface area contributed by atoms with Crippen LogP contribution in [0.4, 0.5) is 0 Å². The SMILES string of the molecule is [LiH].c1ccc2cocc2c1. The topological polar surface area (TPSA) is 13.1 Å². The van der Waals surface area contributed by atoms with Gasteiger partial charge in [-0.05, 0) is 0 Å². The Morgan fingerprint density at radius 2 is 1.40 bits per heavy atom. The quantitative estimate of drug-likeness (QED) is 0.490. The maximum absolute atomic E-state index is 4.96. The first kappa shape index (κ1) is 7.46. The molecule has 0 spiro atoms. The van der Waals surface area contributed by atoms with E-state index in [2.05, 4.69) is 0 Å². The van der Waals surface area contributed by atoms with Gasteiger partial charge in [-0.15, -0.1) is 0 Å². The molecule has 0 unspecified atom stereocenters. The molecule has 2 heteroatoms. The van der Waals surface area contributed by atoms with Gasteiger partial charge in [-0.25, -0.2) is 0 Å². The van der Waals surface area contributed by atoms with Crippen LogP contribution in [-0.2, 0) is 0 Å². The summed E-state index contributed by atoms with van der Waals surface area (Å²) in [5, 5.41) is 2.33. The van der Waals surface area contributed by atoms with Crippen LogP contribution >= 0.6 is 0 Å². The zero-order chi connectivity index (χ0) is 6.10. The molecule has 0 fully saturated rings. The molecule has 0 amide bonds. The Bertz CT molecular complexity index is 283. The Morgan fingerprint density at radius 1 is 0.900 bits per heavy atom. The van der Waals surface area contributed by atoms with Gasteiger partial charge >= 0.3 is 18.9 Å². The van der Waals surface area contributed by atoms with Gasteiger partial charge in [0.25, 0.3) is 0 Å². The van der Waals surface area contributed by atoms with Crippen LogP contribution in [0.15, 0.2) is 41.2 Å². The summed E-state index contributed by atoms with van der Waals surface area (Å²) >= 11 is 0. The van der Waals surface area contributed by atoms with Crippen LogP contribution < -0.4 is 0 Å². The first-order valence-electron chi connectivity index (χ1n) is 2.88. The fourth-order valence-corrected chi connectivity index (χ4v) is 0.906. The monoisotopic (exact) mass is 126 g/mol. The number of fused-ring (bicyclic) bond motifs is 1. The van der Waals surface area contributed by atoms with Crippen molar-refractivity contribution < 1.29 is 4.42 Å². The molecular formula is C8H7LiO. The summed E-state index contributed by atoms with van der Waals surface area (Å²) in [7, 11) is 0. The molecule has 1 nitrogen and oxygen atoms in total. The van der Waals surface area contributed by atoms with E-state index in [1.54, 1.807) is 12.5 Å². The molecule has 1 aromatic carbocycles. The van der Waals surface area contributed by atoms with E-state index in [9.17, 15) is 0 Å². The molecule has 0 aliphatic carbocycles. The second kappa shape index (κ2) is 2.96. The Labute approximate surface area is 71.2 Å². The maximum Gasteiger partial charge on any atom is 0.0981 e. The second-order valence-corrected chi connectivity index (χ2v) is 2.00. The Kier molecular flexibility index (Phi) is 2.21. The molecule has 10 heavy (non-hydrogen) atoms. The van der Waals surface area contributed by atoms with Gasteiger partial charge in [0.05, 0.1) is 12.5 Å². The van der Waals surface area contributed by atoms with E-state index in [1.807, 2.05) is 24.3 Å². The van der Waals surface area contributed by atoms with Crippen molar-refractivity contribution in [2.45, 2.75) is 0 Å². The molecular weight excluding hydrogens is 119 g/mol. The van der Waals surface area contributed by atoms with Crippen LogP contribution in [-0.4, -0.2) is 18.9 Å². The number of furan rings is 1. The standard InChI is InChI=1S/C8H6O.Li.H/c1-2-4-8-6-9-5-7(8)3-1;;/h1-6H;;. The van der Waals surface area contributed by atoms with Crippen LogP contribution in [0.2, 0.25) is 0 Å². The van der Waals surface area contributed by atoms with Crippen LogP contribution in [0.5, 0.6) is 0 Å². The predicted molar refractivity (Wildman–Crippen MR) is 43.4 cm³/mol. The molecule has 2 rings (SSSR count). The average molecular weight is 126 g/mol. The van der Waals surface area contributed by atoms with Crippen molar-refractivity contribution in [3.05, 3.63) is 36.8 Å². The van der Waals surface area contributed by atoms with E-state index >= 15 is 0 Å². The van der Waals surface area contributed by atoms with Gasteiger partial charge in [-0.1, -0.05) is 24.3 Å². The minimum Gasteiger partial charge on any atom is -0.471 e. The zero-order valence-corrected chi connectivity index (χ0v) is 4.87. The van der Waals surface area contributed by atoms with E-state index in [0.717, 1.165) is 10.8 Å². The number of rotatable bonds is 0. The van der Waals surface area contributed by atoms with Gasteiger partial charge in [0.2, 0.25) is 0 Å². The van der Waals surface area contributed by atoms with Gasteiger partial charge in [0.15, 0.2) is 0 Å². The maximum atomic E-state index is 4.96. The largest absolute Gasteiger partial charge is 0.471 e. The smallest absolute Gasteiger partial charge is 0.0981 e. The molecule has 0 radical (unpaired) electrons. The summed E-state index contributed by atoms with van der Waals surface area (Å²) in [4.78, 5) is 0. The third-order valence-electron chi connectivity index (χ3n) is 1.39. The predicted octanol–water partition coefficient (Wildman–Crippen LogP) is 1.78. The number of hydrogen-bond donors (Lipinski definition) is 0. The second-order valence-electron chi connectivity index (χ2n) is 2.00. The van der Waals surface area contributed by atoms with Crippen molar-refractivity contribution in [1.82, 2.24) is 0 Å². The summed E-state index contributed by atoms with van der Waals surface area (Å²) in [6, 6.07) is 8.05. The van der Waals surface area contributed by atoms with Crippen molar-refractivity contribution in [1.29, 1.82) is 0 Å². The van der Waals surface area contributed by atoms with E-state index in [1.165, 1.54) is 0 Å². The minimum atomic E-state index is 0. The fourth-order valence-electron chi connectivity index (χ4n) is 0.906. The molecule has 1 aromatic heterocycles. The van der Waals surface area contributed by atoms with Crippen LogP contribution in [0, 0.1) is 0 Å². The summed E-state index contributed by atoms with van der Waals surface area (Å²) in [5.74, 6) is 0. The fraction of sp³-hybridized carbons (Fsp3) is 0. The molecule has 0 saturated heterocycles. The van der Waals surface area contributed by atoms with Gasteiger partial charge < -0.3 is 4.42 Å². The third kappa shape index (κ3) is 1.11. The minimum absolute atomic E-state index is 0. The summed E-state index contributed by atoms with van der Waals surface area (Å²) in [6.07, 6.45) is 3.49. The first-order chi connectivity index (χ1) is 4.47. The number of hydrogen-bond acceptors (Lipinski definition) is 1. The van der Waals surface area contributed by atoms with Crippen molar-refractivity contribution in [2.75, 3.05) is 0 Å². The van der Waals surface area contributed by atoms with Crippen molar-refractivity contribution in [3.8, 4) is 0 Å². The van der Waals surface area contributed by atoms with Crippen LogP contribution in [0.3, 0.4) is 0 Å². The van der Waals surface area contributed by atoms with E-state index < -0.39 is 0 Å². The first-order valence-corrected chi connectivity index (χ1v) is 2.88. The van der Waals surface area contributed by atoms with Gasteiger partial charge in [-0.3, -0.25) is 0 Å². The molecule has 46 valence electrons. The van der Waals surface area contributed by atoms with Gasteiger partial charge in [0.1, 0.15) is 0 Å². The summed E-state index contributed by atoms with van der Waals surface area (Å²) < 4.78 is 4.96. The Morgan fingerprint density at radius 3 is 1.90 bits per heavy atom. The Hall–Kier alpha value is -0.643. The molecule has 1 heterocycles. The average Bonchev–Trinajstić information content (AvgIpc) is 2.33. The molecule has 0 bridgehead atoms. The summed E-state index contributed by atoms with van der Waals surface area (Å²) in [6.45, 7) is 0. The third-order valence-corrected chi connectivity index (χ3v) is 1.39. The van der Waals surface area contributed by atoms with Crippen molar-refractivity contribution in [2.24, 2.45) is 0 Å². The normalized spacial score (nSPS) is 9.20. The van der Waals surface area contributed by atoms with Crippen molar-refractivity contribution in [3.63, 3.8) is 0 Å². The van der Waals surface area contributed by atoms with Crippen LogP contribution in [0.1, 0.15) is 0 Å². The van der Waals surface area contributed by atoms with E-state index in [-0.39, 0.29) is 18.9 Å². The van der Waals surface area contributed by atoms with E-state index in [0.29, 0.717) is 0 Å². The molecule has 0 aliphatic rings. The summed E-state index contributed by atoms with van der Waals surface area (Å²) in [5.41, 5.74) is 0. The Balaban J connectivity index is 0.000000500. The molecule has 0 atom stereocenters. The molecule has 0 saturated carbocycles. The van der Waals surface area contributed by atoms with Crippen LogP contribution in [0.25, 0.3) is 10.8 Å².